The van der Waals surface area contributed by atoms with Gasteiger partial charge in [-0.05, 0) is 51.4 Å². The molecule has 0 aromatic rings. The van der Waals surface area contributed by atoms with Crippen LogP contribution in [0.5, 0.6) is 0 Å². The van der Waals surface area contributed by atoms with Crippen LogP contribution in [0.25, 0.3) is 0 Å². The van der Waals surface area contributed by atoms with E-state index in [1.54, 1.807) is 0 Å². The molecule has 146 valence electrons. The SMILES string of the molecule is CCN1CCN(CCNC(=NC)NCCCN2CCC(C)CC2)CC1. The number of rotatable bonds is 8. The molecule has 6 nitrogen and oxygen atoms in total. The van der Waals surface area contributed by atoms with Gasteiger partial charge in [-0.15, -0.1) is 0 Å². The second kappa shape index (κ2) is 11.7. The third-order valence-electron chi connectivity index (χ3n) is 5.68. The maximum atomic E-state index is 4.34. The van der Waals surface area contributed by atoms with Gasteiger partial charge in [-0.3, -0.25) is 9.89 Å². The predicted molar refractivity (Wildman–Crippen MR) is 107 cm³/mol. The van der Waals surface area contributed by atoms with Gasteiger partial charge in [0.2, 0.25) is 0 Å². The molecule has 0 spiro atoms. The van der Waals surface area contributed by atoms with Crippen LogP contribution in [0.15, 0.2) is 4.99 Å². The first-order chi connectivity index (χ1) is 12.2. The summed E-state index contributed by atoms with van der Waals surface area (Å²) in [6.07, 6.45) is 3.92. The summed E-state index contributed by atoms with van der Waals surface area (Å²) in [6.45, 7) is 17.4. The van der Waals surface area contributed by atoms with Crippen molar-refractivity contribution in [3.8, 4) is 0 Å². The van der Waals surface area contributed by atoms with Crippen molar-refractivity contribution >= 4 is 5.96 Å². The first-order valence-electron chi connectivity index (χ1n) is 10.3. The minimum atomic E-state index is 0.919. The minimum Gasteiger partial charge on any atom is -0.356 e. The first-order valence-corrected chi connectivity index (χ1v) is 10.3. The second-order valence-corrected chi connectivity index (χ2v) is 7.58. The third-order valence-corrected chi connectivity index (χ3v) is 5.68. The first kappa shape index (κ1) is 20.5. The highest BCUT2D eigenvalue weighted by atomic mass is 15.3. The average Bonchev–Trinajstić information content (AvgIpc) is 2.65. The molecule has 0 bridgehead atoms. The van der Waals surface area contributed by atoms with Gasteiger partial charge >= 0.3 is 0 Å². The monoisotopic (exact) mass is 352 g/mol. The minimum absolute atomic E-state index is 0.919. The molecular weight excluding hydrogens is 312 g/mol. The summed E-state index contributed by atoms with van der Waals surface area (Å²) in [6, 6.07) is 0. The number of aliphatic imine (C=N–C) groups is 1. The van der Waals surface area contributed by atoms with Crippen molar-refractivity contribution in [3.05, 3.63) is 0 Å². The smallest absolute Gasteiger partial charge is 0.191 e. The number of likely N-dealkylation sites (N-methyl/N-ethyl adjacent to an activating group) is 1. The van der Waals surface area contributed by atoms with Crippen molar-refractivity contribution in [2.75, 3.05) is 79.0 Å². The molecule has 0 aliphatic carbocycles. The van der Waals surface area contributed by atoms with Crippen molar-refractivity contribution in [2.24, 2.45) is 10.9 Å². The standard InChI is InChI=1S/C19H40N6/c1-4-23-14-16-25(17-15-23)13-9-22-19(20-3)21-8-5-10-24-11-6-18(2)7-12-24/h18H,4-17H2,1-3H3,(H2,20,21,22). The lowest BCUT2D eigenvalue weighted by Crippen LogP contribution is -2.49. The highest BCUT2D eigenvalue weighted by molar-refractivity contribution is 5.79. The Bertz CT molecular complexity index is 370. The van der Waals surface area contributed by atoms with E-state index in [2.05, 4.69) is 44.2 Å². The summed E-state index contributed by atoms with van der Waals surface area (Å²) in [4.78, 5) is 12.0. The summed E-state index contributed by atoms with van der Waals surface area (Å²) >= 11 is 0. The Balaban J connectivity index is 1.49. The molecule has 0 saturated carbocycles. The lowest BCUT2D eigenvalue weighted by atomic mass is 9.99. The Morgan fingerprint density at radius 2 is 1.48 bits per heavy atom. The van der Waals surface area contributed by atoms with Gasteiger partial charge in [0, 0.05) is 52.9 Å². The topological polar surface area (TPSA) is 46.1 Å². The Hall–Kier alpha value is -0.850. The van der Waals surface area contributed by atoms with Crippen LogP contribution in [0.4, 0.5) is 0 Å². The summed E-state index contributed by atoms with van der Waals surface area (Å²) in [5.41, 5.74) is 0. The molecule has 2 rings (SSSR count). The maximum Gasteiger partial charge on any atom is 0.191 e. The van der Waals surface area contributed by atoms with E-state index < -0.39 is 0 Å². The van der Waals surface area contributed by atoms with E-state index in [0.717, 1.165) is 31.5 Å². The van der Waals surface area contributed by atoms with Crippen molar-refractivity contribution in [1.29, 1.82) is 0 Å². The molecule has 6 heteroatoms. The van der Waals surface area contributed by atoms with Gasteiger partial charge in [0.25, 0.3) is 0 Å². The molecule has 2 saturated heterocycles. The van der Waals surface area contributed by atoms with Crippen LogP contribution in [-0.2, 0) is 0 Å². The number of nitrogens with one attached hydrogen (secondary N) is 2. The molecule has 2 aliphatic rings. The van der Waals surface area contributed by atoms with Crippen LogP contribution in [0.3, 0.4) is 0 Å². The lowest BCUT2D eigenvalue weighted by Gasteiger charge is -2.34. The number of piperazine rings is 1. The van der Waals surface area contributed by atoms with Gasteiger partial charge in [-0.2, -0.15) is 0 Å². The molecule has 0 atom stereocenters. The van der Waals surface area contributed by atoms with E-state index >= 15 is 0 Å². The second-order valence-electron chi connectivity index (χ2n) is 7.58. The summed E-state index contributed by atoms with van der Waals surface area (Å²) in [5.74, 6) is 1.86. The summed E-state index contributed by atoms with van der Waals surface area (Å²) in [5, 5.41) is 6.91. The van der Waals surface area contributed by atoms with Gasteiger partial charge in [0.1, 0.15) is 0 Å². The predicted octanol–water partition coefficient (Wildman–Crippen LogP) is 0.911. The van der Waals surface area contributed by atoms with Crippen LogP contribution in [0, 0.1) is 5.92 Å². The Labute approximate surface area is 155 Å². The van der Waals surface area contributed by atoms with Crippen LogP contribution < -0.4 is 10.6 Å². The van der Waals surface area contributed by atoms with Gasteiger partial charge in [0.15, 0.2) is 5.96 Å². The van der Waals surface area contributed by atoms with E-state index in [1.165, 1.54) is 71.6 Å². The van der Waals surface area contributed by atoms with E-state index in [1.807, 2.05) is 7.05 Å². The lowest BCUT2D eigenvalue weighted by molar-refractivity contribution is 0.139. The van der Waals surface area contributed by atoms with Crippen LogP contribution in [0.1, 0.15) is 33.1 Å². The molecule has 0 radical (unpaired) electrons. The van der Waals surface area contributed by atoms with Crippen LogP contribution in [-0.4, -0.2) is 99.7 Å². The molecule has 0 unspecified atom stereocenters. The Kier molecular flexibility index (Phi) is 9.58. The fraction of sp³-hybridized carbons (Fsp3) is 0.947. The fourth-order valence-corrected chi connectivity index (χ4v) is 3.68. The van der Waals surface area contributed by atoms with Gasteiger partial charge in [-0.1, -0.05) is 13.8 Å². The van der Waals surface area contributed by atoms with Crippen molar-refractivity contribution < 1.29 is 0 Å². The van der Waals surface area contributed by atoms with Crippen LogP contribution in [0.2, 0.25) is 0 Å². The fourth-order valence-electron chi connectivity index (χ4n) is 3.68. The van der Waals surface area contributed by atoms with Gasteiger partial charge < -0.3 is 20.4 Å². The Morgan fingerprint density at radius 3 is 2.12 bits per heavy atom. The zero-order valence-corrected chi connectivity index (χ0v) is 16.8. The van der Waals surface area contributed by atoms with Gasteiger partial charge in [0.05, 0.1) is 0 Å². The largest absolute Gasteiger partial charge is 0.356 e. The molecule has 0 aromatic heterocycles. The molecule has 2 fully saturated rings. The summed E-state index contributed by atoms with van der Waals surface area (Å²) in [7, 11) is 1.86. The molecule has 0 aromatic carbocycles. The normalized spacial score (nSPS) is 22.3. The molecule has 2 aliphatic heterocycles. The maximum absolute atomic E-state index is 4.34. The molecule has 2 N–H and O–H groups in total. The summed E-state index contributed by atoms with van der Waals surface area (Å²) < 4.78 is 0. The molecule has 0 amide bonds. The van der Waals surface area contributed by atoms with E-state index in [0.29, 0.717) is 0 Å². The molecule has 25 heavy (non-hydrogen) atoms. The zero-order chi connectivity index (χ0) is 17.9. The molecule has 2 heterocycles. The number of nitrogens with zero attached hydrogens (tertiary/aromatic N) is 4. The number of likely N-dealkylation sites (tertiary alicyclic amines) is 1. The van der Waals surface area contributed by atoms with Gasteiger partial charge in [-0.25, -0.2) is 0 Å². The highest BCUT2D eigenvalue weighted by Gasteiger charge is 2.15. The van der Waals surface area contributed by atoms with E-state index in [9.17, 15) is 0 Å². The third kappa shape index (κ3) is 7.92. The number of piperidine rings is 1. The quantitative estimate of drug-likeness (QED) is 0.386. The van der Waals surface area contributed by atoms with Crippen molar-refractivity contribution in [1.82, 2.24) is 25.3 Å². The van der Waals surface area contributed by atoms with Crippen LogP contribution >= 0.6 is 0 Å². The number of guanidine groups is 1. The van der Waals surface area contributed by atoms with E-state index in [4.69, 9.17) is 0 Å². The highest BCUT2D eigenvalue weighted by Crippen LogP contribution is 2.15. The number of hydrogen-bond acceptors (Lipinski definition) is 4. The zero-order valence-electron chi connectivity index (χ0n) is 16.8. The number of hydrogen-bond donors (Lipinski definition) is 2. The van der Waals surface area contributed by atoms with Crippen molar-refractivity contribution in [2.45, 2.75) is 33.1 Å². The Morgan fingerprint density at radius 1 is 0.880 bits per heavy atom. The molecular formula is C19H40N6. The average molecular weight is 353 g/mol. The van der Waals surface area contributed by atoms with Crippen molar-refractivity contribution in [3.63, 3.8) is 0 Å². The van der Waals surface area contributed by atoms with E-state index in [-0.39, 0.29) is 0 Å².